The first-order chi connectivity index (χ1) is 13.7. The van der Waals surface area contributed by atoms with Crippen LogP contribution < -0.4 is 20.7 Å². The molecule has 1 fully saturated rings. The van der Waals surface area contributed by atoms with Gasteiger partial charge in [-0.15, -0.1) is 0 Å². The number of anilines is 3. The molecule has 0 unspecified atom stereocenters. The van der Waals surface area contributed by atoms with Crippen LogP contribution in [0.25, 0.3) is 0 Å². The highest BCUT2D eigenvalue weighted by molar-refractivity contribution is 5.80. The molecule has 0 radical (unpaired) electrons. The molecule has 0 bridgehead atoms. The molecule has 0 atom stereocenters. The number of piperidine rings is 1. The lowest BCUT2D eigenvalue weighted by Crippen LogP contribution is -2.34. The maximum Gasteiger partial charge on any atom is 0.320 e. The molecule has 3 rings (SSSR count). The number of nitrogen functional groups attached to an aromatic ring is 1. The second-order valence-corrected chi connectivity index (χ2v) is 8.17. The van der Waals surface area contributed by atoms with Crippen molar-refractivity contribution in [3.05, 3.63) is 0 Å². The highest BCUT2D eigenvalue weighted by Gasteiger charge is 2.25. The quantitative estimate of drug-likeness (QED) is 0.557. The molecule has 3 heterocycles. The van der Waals surface area contributed by atoms with Crippen molar-refractivity contribution >= 4 is 17.3 Å². The second-order valence-electron chi connectivity index (χ2n) is 8.17. The van der Waals surface area contributed by atoms with Crippen molar-refractivity contribution in [1.29, 1.82) is 0 Å². The van der Waals surface area contributed by atoms with E-state index in [9.17, 15) is 0 Å². The highest BCUT2D eigenvalue weighted by atomic mass is 16.5. The van der Waals surface area contributed by atoms with E-state index in [0.29, 0.717) is 18.4 Å². The minimum absolute atomic E-state index is 0.400. The van der Waals surface area contributed by atoms with Crippen LogP contribution in [-0.4, -0.2) is 54.3 Å². The first kappa shape index (κ1) is 21.0. The fourth-order valence-corrected chi connectivity index (χ4v) is 4.20. The SMILES string of the molecule is CCCCOc1nc(N)c2c(n1)N(CCCCC1CCN(CCC)CC1)CN2. The van der Waals surface area contributed by atoms with Crippen LogP contribution >= 0.6 is 0 Å². The lowest BCUT2D eigenvalue weighted by Gasteiger charge is -2.31. The van der Waals surface area contributed by atoms with E-state index < -0.39 is 0 Å². The van der Waals surface area contributed by atoms with Crippen LogP contribution in [0.5, 0.6) is 6.01 Å². The zero-order valence-corrected chi connectivity index (χ0v) is 17.8. The zero-order valence-electron chi connectivity index (χ0n) is 17.8. The molecule has 0 amide bonds. The predicted molar refractivity (Wildman–Crippen MR) is 116 cm³/mol. The van der Waals surface area contributed by atoms with Gasteiger partial charge in [-0.25, -0.2) is 0 Å². The van der Waals surface area contributed by atoms with Crippen molar-refractivity contribution in [3.63, 3.8) is 0 Å². The average Bonchev–Trinajstić information content (AvgIpc) is 3.10. The number of aromatic nitrogens is 2. The van der Waals surface area contributed by atoms with Gasteiger partial charge in [0.1, 0.15) is 5.69 Å². The van der Waals surface area contributed by atoms with E-state index in [-0.39, 0.29) is 0 Å². The summed E-state index contributed by atoms with van der Waals surface area (Å²) in [5.41, 5.74) is 6.95. The Hall–Kier alpha value is -1.76. The van der Waals surface area contributed by atoms with Crippen molar-refractivity contribution in [3.8, 4) is 6.01 Å². The Kier molecular flexibility index (Phi) is 8.01. The molecule has 2 aliphatic heterocycles. The first-order valence-electron chi connectivity index (χ1n) is 11.2. The monoisotopic (exact) mass is 390 g/mol. The molecule has 0 saturated carbocycles. The van der Waals surface area contributed by atoms with Crippen LogP contribution in [0.2, 0.25) is 0 Å². The molecule has 0 spiro atoms. The lowest BCUT2D eigenvalue weighted by molar-refractivity contribution is 0.177. The van der Waals surface area contributed by atoms with Gasteiger partial charge in [0.05, 0.1) is 13.3 Å². The molecule has 0 aromatic carbocycles. The van der Waals surface area contributed by atoms with Gasteiger partial charge >= 0.3 is 6.01 Å². The maximum atomic E-state index is 6.10. The summed E-state index contributed by atoms with van der Waals surface area (Å²) >= 11 is 0. The van der Waals surface area contributed by atoms with Gasteiger partial charge in [-0.05, 0) is 57.7 Å². The van der Waals surface area contributed by atoms with Crippen molar-refractivity contribution < 1.29 is 4.74 Å². The molecular formula is C21H38N6O. The van der Waals surface area contributed by atoms with Crippen molar-refractivity contribution in [2.75, 3.05) is 55.4 Å². The van der Waals surface area contributed by atoms with E-state index >= 15 is 0 Å². The van der Waals surface area contributed by atoms with Crippen molar-refractivity contribution in [2.24, 2.45) is 5.92 Å². The number of nitrogens with one attached hydrogen (secondary N) is 1. The number of nitrogens with zero attached hydrogens (tertiary/aromatic N) is 4. The molecule has 0 aliphatic carbocycles. The fraction of sp³-hybridized carbons (Fsp3) is 0.810. The van der Waals surface area contributed by atoms with Gasteiger partial charge in [-0.2, -0.15) is 9.97 Å². The van der Waals surface area contributed by atoms with Crippen LogP contribution in [0.1, 0.15) is 65.2 Å². The molecule has 7 heteroatoms. The average molecular weight is 391 g/mol. The number of unbranched alkanes of at least 4 members (excludes halogenated alkanes) is 2. The van der Waals surface area contributed by atoms with Gasteiger partial charge in [-0.3, -0.25) is 0 Å². The summed E-state index contributed by atoms with van der Waals surface area (Å²) in [4.78, 5) is 13.8. The second kappa shape index (κ2) is 10.7. The van der Waals surface area contributed by atoms with Gasteiger partial charge in [0, 0.05) is 6.54 Å². The minimum atomic E-state index is 0.400. The van der Waals surface area contributed by atoms with Gasteiger partial charge < -0.3 is 25.6 Å². The molecular weight excluding hydrogens is 352 g/mol. The van der Waals surface area contributed by atoms with Gasteiger partial charge in [0.2, 0.25) is 0 Å². The van der Waals surface area contributed by atoms with E-state index in [4.69, 9.17) is 10.5 Å². The largest absolute Gasteiger partial charge is 0.463 e. The van der Waals surface area contributed by atoms with Crippen molar-refractivity contribution in [2.45, 2.75) is 65.2 Å². The van der Waals surface area contributed by atoms with Crippen LogP contribution in [0, 0.1) is 5.92 Å². The Bertz CT molecular complexity index is 603. The standard InChI is InChI=1S/C21H38N6O/c1-3-5-15-28-21-24-19(22)18-20(25-21)27(16-23-18)12-7-6-8-17-9-13-26(11-4-2)14-10-17/h17,23H,3-16H2,1-2H3,(H2,22,24,25). The third-order valence-corrected chi connectivity index (χ3v) is 5.91. The summed E-state index contributed by atoms with van der Waals surface area (Å²) in [7, 11) is 0. The normalized spacial score (nSPS) is 17.6. The van der Waals surface area contributed by atoms with E-state index in [2.05, 4.69) is 38.9 Å². The van der Waals surface area contributed by atoms with E-state index in [1.807, 2.05) is 0 Å². The van der Waals surface area contributed by atoms with E-state index in [0.717, 1.165) is 43.5 Å². The summed E-state index contributed by atoms with van der Waals surface area (Å²) < 4.78 is 5.67. The summed E-state index contributed by atoms with van der Waals surface area (Å²) in [5.74, 6) is 2.29. The Balaban J connectivity index is 1.42. The van der Waals surface area contributed by atoms with Gasteiger partial charge in [-0.1, -0.05) is 33.1 Å². The fourth-order valence-electron chi connectivity index (χ4n) is 4.20. The number of hydrogen-bond acceptors (Lipinski definition) is 7. The number of rotatable bonds is 11. The Morgan fingerprint density at radius 1 is 1.07 bits per heavy atom. The predicted octanol–water partition coefficient (Wildman–Crippen LogP) is 3.72. The van der Waals surface area contributed by atoms with Crippen LogP contribution in [-0.2, 0) is 0 Å². The first-order valence-corrected chi connectivity index (χ1v) is 11.2. The van der Waals surface area contributed by atoms with Crippen LogP contribution in [0.3, 0.4) is 0 Å². The Morgan fingerprint density at radius 2 is 1.89 bits per heavy atom. The van der Waals surface area contributed by atoms with Crippen LogP contribution in [0.15, 0.2) is 0 Å². The lowest BCUT2D eigenvalue weighted by atomic mass is 9.91. The topological polar surface area (TPSA) is 79.5 Å². The smallest absolute Gasteiger partial charge is 0.320 e. The van der Waals surface area contributed by atoms with Crippen LogP contribution in [0.4, 0.5) is 17.3 Å². The Labute approximate surface area is 170 Å². The summed E-state index contributed by atoms with van der Waals surface area (Å²) in [6.45, 7) is 10.7. The van der Waals surface area contributed by atoms with Crippen molar-refractivity contribution in [1.82, 2.24) is 14.9 Å². The molecule has 7 nitrogen and oxygen atoms in total. The third-order valence-electron chi connectivity index (χ3n) is 5.91. The molecule has 28 heavy (non-hydrogen) atoms. The number of likely N-dealkylation sites (tertiary alicyclic amines) is 1. The maximum absolute atomic E-state index is 6.10. The number of ether oxygens (including phenoxy) is 1. The number of nitrogens with two attached hydrogens (primary N) is 1. The number of fused-ring (bicyclic) bond motifs is 1. The Morgan fingerprint density at radius 3 is 2.64 bits per heavy atom. The van der Waals surface area contributed by atoms with Gasteiger partial charge in [0.15, 0.2) is 11.6 Å². The van der Waals surface area contributed by atoms with E-state index in [1.165, 1.54) is 58.2 Å². The molecule has 1 aromatic rings. The third kappa shape index (κ3) is 5.63. The molecule has 3 N–H and O–H groups in total. The molecule has 158 valence electrons. The van der Waals surface area contributed by atoms with Gasteiger partial charge in [0.25, 0.3) is 0 Å². The molecule has 1 saturated heterocycles. The van der Waals surface area contributed by atoms with E-state index in [1.54, 1.807) is 0 Å². The minimum Gasteiger partial charge on any atom is -0.463 e. The summed E-state index contributed by atoms with van der Waals surface area (Å²) in [6, 6.07) is 0.400. The number of hydrogen-bond donors (Lipinski definition) is 2. The molecule has 2 aliphatic rings. The summed E-state index contributed by atoms with van der Waals surface area (Å²) in [6.07, 6.45) is 9.93. The zero-order chi connectivity index (χ0) is 19.8. The summed E-state index contributed by atoms with van der Waals surface area (Å²) in [5, 5.41) is 3.33. The molecule has 1 aromatic heterocycles. The highest BCUT2D eigenvalue weighted by Crippen LogP contribution is 2.35.